The minimum absolute atomic E-state index is 0.0132. The Morgan fingerprint density at radius 2 is 1.11 bits per heavy atom. The van der Waals surface area contributed by atoms with Gasteiger partial charge in [-0.2, -0.15) is 0 Å². The van der Waals surface area contributed by atoms with Crippen molar-refractivity contribution in [3.8, 4) is 11.1 Å². The maximum Gasteiger partial charge on any atom is 0.193 e. The van der Waals surface area contributed by atoms with Gasteiger partial charge < -0.3 is 4.57 Å². The molecule has 1 atom stereocenters. The van der Waals surface area contributed by atoms with Crippen LogP contribution in [0.15, 0.2) is 121 Å². The van der Waals surface area contributed by atoms with Crippen LogP contribution >= 0.6 is 7.14 Å². The van der Waals surface area contributed by atoms with Crippen molar-refractivity contribution in [2.45, 2.75) is 20.8 Å². The molecule has 2 nitrogen and oxygen atoms in total. The summed E-state index contributed by atoms with van der Waals surface area (Å²) in [5, 5.41) is 2.26. The summed E-state index contributed by atoms with van der Waals surface area (Å²) in [5.41, 5.74) is 6.38. The topological polar surface area (TPSA) is 34.1 Å². The molecule has 0 bridgehead atoms. The van der Waals surface area contributed by atoms with Gasteiger partial charge in [0, 0.05) is 27.0 Å². The zero-order valence-electron chi connectivity index (χ0n) is 21.3. The van der Waals surface area contributed by atoms with E-state index in [-0.39, 0.29) is 5.78 Å². The second kappa shape index (κ2) is 10.2. The first kappa shape index (κ1) is 24.7. The molecule has 37 heavy (non-hydrogen) atoms. The smallest absolute Gasteiger partial charge is 0.193 e. The monoisotopic (exact) mass is 500 g/mol. The van der Waals surface area contributed by atoms with E-state index >= 15 is 4.57 Å². The molecule has 0 aliphatic carbocycles. The predicted molar refractivity (Wildman–Crippen MR) is 155 cm³/mol. The summed E-state index contributed by atoms with van der Waals surface area (Å²) in [4.78, 5) is 13.5. The molecule has 0 radical (unpaired) electrons. The first-order chi connectivity index (χ1) is 17.9. The molecular formula is C34H29O2P. The van der Waals surface area contributed by atoms with Crippen LogP contribution in [0.25, 0.3) is 11.1 Å². The van der Waals surface area contributed by atoms with Crippen LogP contribution in [0, 0.1) is 20.8 Å². The summed E-state index contributed by atoms with van der Waals surface area (Å²) in [6.07, 6.45) is 0. The molecule has 0 aliphatic rings. The number of hydrogen-bond donors (Lipinski definition) is 0. The maximum atomic E-state index is 15.2. The van der Waals surface area contributed by atoms with Gasteiger partial charge in [0.2, 0.25) is 0 Å². The number of hydrogen-bond acceptors (Lipinski definition) is 2. The first-order valence-electron chi connectivity index (χ1n) is 12.4. The average Bonchev–Trinajstić information content (AvgIpc) is 2.93. The van der Waals surface area contributed by atoms with E-state index in [2.05, 4.69) is 0 Å². The number of ketones is 1. The van der Waals surface area contributed by atoms with Crippen molar-refractivity contribution in [2.75, 3.05) is 0 Å². The number of carbonyl (C=O) groups is 1. The minimum atomic E-state index is -3.24. The van der Waals surface area contributed by atoms with Gasteiger partial charge in [-0.1, -0.05) is 127 Å². The second-order valence-electron chi connectivity index (χ2n) is 9.48. The molecule has 5 rings (SSSR count). The van der Waals surface area contributed by atoms with E-state index in [1.165, 1.54) is 0 Å². The van der Waals surface area contributed by atoms with E-state index in [0.717, 1.165) is 44.0 Å². The normalized spacial score (nSPS) is 12.6. The summed E-state index contributed by atoms with van der Waals surface area (Å²) >= 11 is 0. The van der Waals surface area contributed by atoms with Crippen LogP contribution in [0.4, 0.5) is 0 Å². The molecule has 3 heteroatoms. The van der Waals surface area contributed by atoms with Crippen LogP contribution in [-0.4, -0.2) is 5.78 Å². The average molecular weight is 501 g/mol. The maximum absolute atomic E-state index is 15.2. The Labute approximate surface area is 219 Å². The van der Waals surface area contributed by atoms with Crippen molar-refractivity contribution in [1.29, 1.82) is 0 Å². The fourth-order valence-electron chi connectivity index (χ4n) is 5.18. The highest BCUT2D eigenvalue weighted by Crippen LogP contribution is 2.45. The number of aryl methyl sites for hydroxylation is 3. The molecule has 0 heterocycles. The Morgan fingerprint density at radius 1 is 0.595 bits per heavy atom. The SMILES string of the molecule is Cc1cc(C)c(C(=O)c2ccc(P(=O)(c3ccccc3)c3ccccc3-c3ccccc3)cc2)c(C)c1. The van der Waals surface area contributed by atoms with Crippen LogP contribution < -0.4 is 15.9 Å². The third kappa shape index (κ3) is 4.61. The summed E-state index contributed by atoms with van der Waals surface area (Å²) in [5.74, 6) is -0.0132. The molecule has 0 N–H and O–H groups in total. The lowest BCUT2D eigenvalue weighted by molar-refractivity contribution is 0.103. The highest BCUT2D eigenvalue weighted by molar-refractivity contribution is 7.85. The lowest BCUT2D eigenvalue weighted by Gasteiger charge is -2.23. The van der Waals surface area contributed by atoms with Crippen molar-refractivity contribution < 1.29 is 9.36 Å². The number of carbonyl (C=O) groups excluding carboxylic acids is 1. The molecule has 0 amide bonds. The Kier molecular flexibility index (Phi) is 6.78. The third-order valence-electron chi connectivity index (χ3n) is 6.85. The van der Waals surface area contributed by atoms with E-state index in [4.69, 9.17) is 0 Å². The van der Waals surface area contributed by atoms with E-state index in [9.17, 15) is 4.79 Å². The summed E-state index contributed by atoms with van der Waals surface area (Å²) in [7, 11) is -3.24. The molecule has 1 unspecified atom stereocenters. The Morgan fingerprint density at radius 3 is 1.73 bits per heavy atom. The molecule has 0 saturated heterocycles. The molecule has 0 spiro atoms. The van der Waals surface area contributed by atoms with Gasteiger partial charge in [-0.25, -0.2) is 0 Å². The minimum Gasteiger partial charge on any atom is -0.309 e. The quantitative estimate of drug-likeness (QED) is 0.183. The molecule has 182 valence electrons. The molecule has 0 aliphatic heterocycles. The van der Waals surface area contributed by atoms with Gasteiger partial charge in [-0.3, -0.25) is 4.79 Å². The first-order valence-corrected chi connectivity index (χ1v) is 14.1. The summed E-state index contributed by atoms with van der Waals surface area (Å²) in [6, 6.07) is 39.1. The fraction of sp³-hybridized carbons (Fsp3) is 0.0882. The lowest BCUT2D eigenvalue weighted by atomic mass is 9.93. The highest BCUT2D eigenvalue weighted by atomic mass is 31.2. The molecule has 0 saturated carbocycles. The predicted octanol–water partition coefficient (Wildman–Crippen LogP) is 7.15. The Bertz CT molecular complexity index is 1600. The largest absolute Gasteiger partial charge is 0.309 e. The lowest BCUT2D eigenvalue weighted by Crippen LogP contribution is -2.26. The fourth-order valence-corrected chi connectivity index (χ4v) is 8.03. The van der Waals surface area contributed by atoms with E-state index in [1.54, 1.807) is 0 Å². The molecule has 5 aromatic carbocycles. The van der Waals surface area contributed by atoms with E-state index in [1.807, 2.05) is 142 Å². The van der Waals surface area contributed by atoms with Crippen molar-refractivity contribution >= 4 is 28.8 Å². The van der Waals surface area contributed by atoms with Gasteiger partial charge in [0.1, 0.15) is 0 Å². The van der Waals surface area contributed by atoms with E-state index < -0.39 is 7.14 Å². The summed E-state index contributed by atoms with van der Waals surface area (Å²) in [6.45, 7) is 5.99. The highest BCUT2D eigenvalue weighted by Gasteiger charge is 2.32. The zero-order chi connectivity index (χ0) is 26.0. The van der Waals surface area contributed by atoms with Crippen LogP contribution in [0.1, 0.15) is 32.6 Å². The zero-order valence-corrected chi connectivity index (χ0v) is 22.2. The number of benzene rings is 5. The van der Waals surface area contributed by atoms with Gasteiger partial charge in [-0.15, -0.1) is 0 Å². The Balaban J connectivity index is 1.65. The molecule has 0 fully saturated rings. The van der Waals surface area contributed by atoms with Crippen LogP contribution in [0.5, 0.6) is 0 Å². The van der Waals surface area contributed by atoms with Gasteiger partial charge in [-0.05, 0) is 43.0 Å². The van der Waals surface area contributed by atoms with Gasteiger partial charge >= 0.3 is 0 Å². The van der Waals surface area contributed by atoms with Crippen molar-refractivity contribution in [1.82, 2.24) is 0 Å². The van der Waals surface area contributed by atoms with Gasteiger partial charge in [0.15, 0.2) is 12.9 Å². The Hall–Kier alpha value is -4.00. The number of rotatable bonds is 6. The third-order valence-corrected chi connectivity index (χ3v) is 9.96. The van der Waals surface area contributed by atoms with Gasteiger partial charge in [0.05, 0.1) is 0 Å². The summed E-state index contributed by atoms with van der Waals surface area (Å²) < 4.78 is 15.2. The van der Waals surface area contributed by atoms with Crippen LogP contribution in [-0.2, 0) is 4.57 Å². The van der Waals surface area contributed by atoms with Crippen molar-refractivity contribution in [3.63, 3.8) is 0 Å². The van der Waals surface area contributed by atoms with Crippen molar-refractivity contribution in [2.24, 2.45) is 0 Å². The standard InChI is InChI=1S/C34H29O2P/c1-24-22-25(2)33(26(3)23-24)34(35)28-18-20-30(21-19-28)37(36,29-14-8-5-9-15-29)32-17-11-10-16-31(32)27-12-6-4-7-13-27/h4-23H,1-3H3. The van der Waals surface area contributed by atoms with Crippen LogP contribution in [0.3, 0.4) is 0 Å². The van der Waals surface area contributed by atoms with Crippen LogP contribution in [0.2, 0.25) is 0 Å². The molecular weight excluding hydrogens is 471 g/mol. The molecule has 5 aromatic rings. The molecule has 0 aromatic heterocycles. The van der Waals surface area contributed by atoms with Gasteiger partial charge in [0.25, 0.3) is 0 Å². The van der Waals surface area contributed by atoms with E-state index in [0.29, 0.717) is 10.9 Å². The van der Waals surface area contributed by atoms with Crippen molar-refractivity contribution in [3.05, 3.63) is 149 Å². The second-order valence-corrected chi connectivity index (χ2v) is 12.2.